The molecule has 4 rings (SSSR count). The number of hydrogen-bond acceptors (Lipinski definition) is 6. The molecule has 3 aromatic rings. The molecule has 0 bridgehead atoms. The Hall–Kier alpha value is -3.56. The van der Waals surface area contributed by atoms with E-state index in [0.717, 1.165) is 5.56 Å². The lowest BCUT2D eigenvalue weighted by molar-refractivity contribution is 0.415. The van der Waals surface area contributed by atoms with E-state index in [1.165, 1.54) is 12.1 Å². The molecule has 3 N–H and O–H groups in total. The van der Waals surface area contributed by atoms with Crippen LogP contribution in [0.2, 0.25) is 0 Å². The summed E-state index contributed by atoms with van der Waals surface area (Å²) in [5.74, 6) is 0.926. The van der Waals surface area contributed by atoms with Gasteiger partial charge in [-0.3, -0.25) is 4.98 Å². The molecule has 1 unspecified atom stereocenters. The third-order valence-electron chi connectivity index (χ3n) is 4.55. The maximum absolute atomic E-state index is 13.0. The van der Waals surface area contributed by atoms with Crippen LogP contribution in [-0.4, -0.2) is 31.1 Å². The number of hydrogen-bond donors (Lipinski definition) is 2. The summed E-state index contributed by atoms with van der Waals surface area (Å²) in [5, 5.41) is 4.76. The number of benzene rings is 1. The maximum atomic E-state index is 13.0. The molecule has 9 heteroatoms. The number of nitrogens with zero attached hydrogens (tertiary/aromatic N) is 4. The summed E-state index contributed by atoms with van der Waals surface area (Å²) < 4.78 is 28.5. The van der Waals surface area contributed by atoms with Gasteiger partial charge in [-0.2, -0.15) is 0 Å². The fourth-order valence-electron chi connectivity index (χ4n) is 2.96. The molecule has 1 aliphatic rings. The van der Waals surface area contributed by atoms with Gasteiger partial charge in [0.05, 0.1) is 11.0 Å². The van der Waals surface area contributed by atoms with Gasteiger partial charge in [-0.25, -0.2) is 18.1 Å². The van der Waals surface area contributed by atoms with Gasteiger partial charge in [0.1, 0.15) is 12.8 Å². The van der Waals surface area contributed by atoms with Crippen molar-refractivity contribution >= 4 is 27.2 Å². The number of sulfonamides is 1. The van der Waals surface area contributed by atoms with Gasteiger partial charge in [0, 0.05) is 35.9 Å². The van der Waals surface area contributed by atoms with E-state index >= 15 is 0 Å². The van der Waals surface area contributed by atoms with Crippen molar-refractivity contribution in [2.75, 3.05) is 12.8 Å². The van der Waals surface area contributed by atoms with E-state index in [0.29, 0.717) is 23.0 Å². The van der Waals surface area contributed by atoms with Crippen molar-refractivity contribution in [1.29, 1.82) is 0 Å². The van der Waals surface area contributed by atoms with Crippen LogP contribution in [0.3, 0.4) is 0 Å². The Morgan fingerprint density at radius 2 is 1.69 bits per heavy atom. The van der Waals surface area contributed by atoms with E-state index in [4.69, 9.17) is 10.8 Å². The molecule has 0 saturated heterocycles. The first-order chi connectivity index (χ1) is 13.9. The van der Waals surface area contributed by atoms with Crippen molar-refractivity contribution in [2.45, 2.75) is 4.90 Å². The number of quaternary nitrogens is 1. The Morgan fingerprint density at radius 3 is 2.34 bits per heavy atom. The first-order valence-electron chi connectivity index (χ1n) is 8.78. The van der Waals surface area contributed by atoms with Crippen molar-refractivity contribution in [2.24, 2.45) is 5.10 Å². The zero-order valence-corrected chi connectivity index (χ0v) is 16.4. The molecule has 0 amide bonds. The zero-order valence-electron chi connectivity index (χ0n) is 15.6. The van der Waals surface area contributed by atoms with Crippen LogP contribution in [0.15, 0.2) is 95.1 Å². The summed E-state index contributed by atoms with van der Waals surface area (Å²) >= 11 is 0. The predicted molar refractivity (Wildman–Crippen MR) is 112 cm³/mol. The average molecular weight is 407 g/mol. The molecule has 0 radical (unpaired) electrons. The zero-order chi connectivity index (χ0) is 20.5. The summed E-state index contributed by atoms with van der Waals surface area (Å²) in [7, 11) is -2.08. The second-order valence-electron chi connectivity index (χ2n) is 6.57. The smallest absolute Gasteiger partial charge is 0.265 e. The number of anilines is 1. The monoisotopic (exact) mass is 407 g/mol. The summed E-state index contributed by atoms with van der Waals surface area (Å²) in [6, 6.07) is 15.1. The summed E-state index contributed by atoms with van der Waals surface area (Å²) in [6.45, 7) is 0. The lowest BCUT2D eigenvalue weighted by atomic mass is 10.1. The van der Waals surface area contributed by atoms with Crippen molar-refractivity contribution in [1.82, 2.24) is 19.3 Å². The van der Waals surface area contributed by atoms with Gasteiger partial charge in [0.25, 0.3) is 21.7 Å². The Bertz CT molecular complexity index is 1190. The lowest BCUT2D eigenvalue weighted by Gasteiger charge is -2.24. The minimum absolute atomic E-state index is 0.109. The Kier molecular flexibility index (Phi) is 4.61. The predicted octanol–water partition coefficient (Wildman–Crippen LogP) is 2.23. The summed E-state index contributed by atoms with van der Waals surface area (Å²) in [4.78, 5) is 8.52. The van der Waals surface area contributed by atoms with E-state index in [2.05, 4.69) is 14.7 Å². The Labute approximate surface area is 168 Å². The largest absolute Gasteiger partial charge is 0.399 e. The van der Waals surface area contributed by atoms with Crippen molar-refractivity contribution in [3.05, 3.63) is 90.6 Å². The van der Waals surface area contributed by atoms with Crippen molar-refractivity contribution in [3.63, 3.8) is 0 Å². The highest BCUT2D eigenvalue weighted by molar-refractivity contribution is 7.89. The maximum Gasteiger partial charge on any atom is 0.265 e. The third kappa shape index (κ3) is 3.60. The Morgan fingerprint density at radius 1 is 0.966 bits per heavy atom. The quantitative estimate of drug-likeness (QED) is 0.498. The molecule has 3 heterocycles. The van der Waals surface area contributed by atoms with E-state index in [1.54, 1.807) is 56.0 Å². The molecular formula is C20H19N6O2S+. The van der Waals surface area contributed by atoms with Crippen molar-refractivity contribution in [3.8, 4) is 0 Å². The molecule has 1 aromatic carbocycles. The fourth-order valence-corrected chi connectivity index (χ4v) is 4.09. The molecule has 0 spiro atoms. The molecule has 2 aromatic heterocycles. The Balaban J connectivity index is 1.78. The molecular weight excluding hydrogens is 388 g/mol. The first-order valence-corrected chi connectivity index (χ1v) is 10.3. The minimum atomic E-state index is -3.85. The third-order valence-corrected chi connectivity index (χ3v) is 5.92. The van der Waals surface area contributed by atoms with Gasteiger partial charge in [-0.05, 0) is 42.5 Å². The van der Waals surface area contributed by atoms with Crippen LogP contribution in [0.25, 0.3) is 0 Å². The van der Waals surface area contributed by atoms with Crippen LogP contribution in [0.1, 0.15) is 5.56 Å². The number of rotatable bonds is 5. The normalized spacial score (nSPS) is 18.8. The van der Waals surface area contributed by atoms with Gasteiger partial charge < -0.3 is 5.73 Å². The SMILES string of the molecule is C[N+]1(c2ccccn2)N=C(c2ccncc2)C=C1NS(=O)(=O)c1ccc(N)cc1. The first kappa shape index (κ1) is 18.8. The highest BCUT2D eigenvalue weighted by Gasteiger charge is 2.41. The van der Waals surface area contributed by atoms with E-state index in [1.807, 2.05) is 18.2 Å². The average Bonchev–Trinajstić information content (AvgIpc) is 3.07. The van der Waals surface area contributed by atoms with Gasteiger partial charge >= 0.3 is 0 Å². The van der Waals surface area contributed by atoms with Gasteiger partial charge in [0.2, 0.25) is 0 Å². The fraction of sp³-hybridized carbons (Fsp3) is 0.0500. The second kappa shape index (κ2) is 7.12. The molecule has 0 aliphatic carbocycles. The van der Waals surface area contributed by atoms with Crippen LogP contribution >= 0.6 is 0 Å². The number of allylic oxidation sites excluding steroid dienone is 1. The molecule has 0 fully saturated rings. The van der Waals surface area contributed by atoms with Gasteiger partial charge in [0.15, 0.2) is 0 Å². The summed E-state index contributed by atoms with van der Waals surface area (Å²) in [6.07, 6.45) is 6.67. The summed E-state index contributed by atoms with van der Waals surface area (Å²) in [5.41, 5.74) is 7.60. The molecule has 0 saturated carbocycles. The highest BCUT2D eigenvalue weighted by atomic mass is 32.2. The topological polar surface area (TPSA) is 110 Å². The minimum Gasteiger partial charge on any atom is -0.399 e. The molecule has 29 heavy (non-hydrogen) atoms. The number of nitrogen functional groups attached to an aromatic ring is 1. The van der Waals surface area contributed by atoms with Crippen LogP contribution in [0.5, 0.6) is 0 Å². The number of nitrogens with one attached hydrogen (secondary N) is 1. The van der Waals surface area contributed by atoms with E-state index in [-0.39, 0.29) is 9.49 Å². The number of pyridine rings is 2. The lowest BCUT2D eigenvalue weighted by Crippen LogP contribution is -2.44. The number of nitrogens with two attached hydrogens (primary N) is 1. The molecule has 8 nitrogen and oxygen atoms in total. The second-order valence-corrected chi connectivity index (χ2v) is 8.25. The molecule has 146 valence electrons. The van der Waals surface area contributed by atoms with Gasteiger partial charge in [-0.1, -0.05) is 11.2 Å². The van der Waals surface area contributed by atoms with E-state index in [9.17, 15) is 8.42 Å². The highest BCUT2D eigenvalue weighted by Crippen LogP contribution is 2.30. The molecule has 1 atom stereocenters. The van der Waals surface area contributed by atoms with Crippen LogP contribution in [0, 0.1) is 0 Å². The van der Waals surface area contributed by atoms with E-state index < -0.39 is 10.0 Å². The number of aromatic nitrogens is 2. The molecule has 1 aliphatic heterocycles. The standard InChI is InChI=1S/C20H19N6O2S/c1-26(19-4-2-3-11-23-19)20(14-18(24-26)15-9-12-22-13-10-15)25-29(27,28)17-7-5-16(21)6-8-17/h2-14,25H,21H2,1H3/q+1. The van der Waals surface area contributed by atoms with Crippen LogP contribution in [-0.2, 0) is 10.0 Å². The van der Waals surface area contributed by atoms with Crippen LogP contribution < -0.4 is 15.0 Å². The van der Waals surface area contributed by atoms with Crippen molar-refractivity contribution < 1.29 is 8.42 Å². The van der Waals surface area contributed by atoms with Crippen LogP contribution in [0.4, 0.5) is 11.5 Å². The van der Waals surface area contributed by atoms with Gasteiger partial charge in [-0.15, -0.1) is 4.59 Å².